The van der Waals surface area contributed by atoms with Crippen molar-refractivity contribution in [2.75, 3.05) is 25.5 Å². The van der Waals surface area contributed by atoms with Gasteiger partial charge in [-0.05, 0) is 24.6 Å². The summed E-state index contributed by atoms with van der Waals surface area (Å²) < 4.78 is 0. The summed E-state index contributed by atoms with van der Waals surface area (Å²) in [6.07, 6.45) is 1.09. The Labute approximate surface area is 112 Å². The molecule has 0 aliphatic rings. The Bertz CT molecular complexity index is 458. The number of nitrogens with one attached hydrogen (secondary N) is 1. The van der Waals surface area contributed by atoms with Gasteiger partial charge in [-0.15, -0.1) is 0 Å². The van der Waals surface area contributed by atoms with Gasteiger partial charge in [0.25, 0.3) is 5.91 Å². The molecule has 1 aromatic carbocycles. The van der Waals surface area contributed by atoms with E-state index in [0.717, 1.165) is 5.69 Å². The largest absolute Gasteiger partial charge is 0.409 e. The molecule has 0 aromatic heterocycles. The van der Waals surface area contributed by atoms with E-state index in [2.05, 4.69) is 10.5 Å². The molecule has 0 unspecified atom stereocenters. The molecule has 4 N–H and O–H groups in total. The lowest BCUT2D eigenvalue weighted by Crippen LogP contribution is -2.25. The van der Waals surface area contributed by atoms with E-state index in [1.54, 1.807) is 6.07 Å². The first kappa shape index (κ1) is 14.8. The maximum absolute atomic E-state index is 11.9. The Hall–Kier alpha value is -2.24. The van der Waals surface area contributed by atoms with Gasteiger partial charge in [-0.1, -0.05) is 11.2 Å². The van der Waals surface area contributed by atoms with Crippen molar-refractivity contribution in [1.82, 2.24) is 5.32 Å². The molecule has 0 aliphatic heterocycles. The van der Waals surface area contributed by atoms with Crippen LogP contribution in [0.1, 0.15) is 23.2 Å². The van der Waals surface area contributed by atoms with Gasteiger partial charge in [-0.2, -0.15) is 0 Å². The fourth-order valence-corrected chi connectivity index (χ4v) is 1.55. The first-order chi connectivity index (χ1) is 9.04. The third-order valence-corrected chi connectivity index (χ3v) is 2.65. The number of rotatable bonds is 6. The molecule has 0 spiro atoms. The Kier molecular flexibility index (Phi) is 5.66. The van der Waals surface area contributed by atoms with E-state index in [9.17, 15) is 4.79 Å². The number of benzene rings is 1. The number of amidine groups is 1. The molecule has 1 rings (SSSR count). The summed E-state index contributed by atoms with van der Waals surface area (Å²) >= 11 is 0. The van der Waals surface area contributed by atoms with E-state index in [4.69, 9.17) is 10.9 Å². The van der Waals surface area contributed by atoms with Crippen LogP contribution >= 0.6 is 0 Å². The highest BCUT2D eigenvalue weighted by molar-refractivity contribution is 5.95. The first-order valence-electron chi connectivity index (χ1n) is 6.06. The minimum absolute atomic E-state index is 0.122. The molecule has 0 saturated heterocycles. The van der Waals surface area contributed by atoms with Crippen molar-refractivity contribution in [2.24, 2.45) is 10.9 Å². The molecule has 1 amide bonds. The second kappa shape index (κ2) is 7.25. The molecule has 0 atom stereocenters. The molecule has 0 heterocycles. The average Bonchev–Trinajstić information content (AvgIpc) is 2.43. The van der Waals surface area contributed by atoms with Crippen LogP contribution in [-0.2, 0) is 0 Å². The maximum atomic E-state index is 11.9. The van der Waals surface area contributed by atoms with Crippen LogP contribution in [0.2, 0.25) is 0 Å². The normalized spacial score (nSPS) is 11.2. The Morgan fingerprint density at radius 3 is 2.84 bits per heavy atom. The highest BCUT2D eigenvalue weighted by atomic mass is 16.4. The summed E-state index contributed by atoms with van der Waals surface area (Å²) in [7, 11) is 3.85. The third kappa shape index (κ3) is 4.87. The predicted molar refractivity (Wildman–Crippen MR) is 75.7 cm³/mol. The van der Waals surface area contributed by atoms with E-state index in [1.807, 2.05) is 37.2 Å². The summed E-state index contributed by atoms with van der Waals surface area (Å²) in [5, 5.41) is 14.0. The van der Waals surface area contributed by atoms with E-state index in [0.29, 0.717) is 24.9 Å². The summed E-state index contributed by atoms with van der Waals surface area (Å²) in [6, 6.07) is 7.39. The van der Waals surface area contributed by atoms with E-state index in [1.165, 1.54) is 0 Å². The van der Waals surface area contributed by atoms with Crippen LogP contribution in [0.5, 0.6) is 0 Å². The van der Waals surface area contributed by atoms with E-state index in [-0.39, 0.29) is 11.7 Å². The molecule has 0 radical (unpaired) electrons. The molecule has 0 aliphatic carbocycles. The first-order valence-corrected chi connectivity index (χ1v) is 6.06. The highest BCUT2D eigenvalue weighted by Gasteiger charge is 2.06. The lowest BCUT2D eigenvalue weighted by molar-refractivity contribution is 0.0953. The molecule has 0 bridgehead atoms. The molecule has 19 heavy (non-hydrogen) atoms. The van der Waals surface area contributed by atoms with Crippen LogP contribution in [0.3, 0.4) is 0 Å². The van der Waals surface area contributed by atoms with Crippen LogP contribution in [-0.4, -0.2) is 37.6 Å². The van der Waals surface area contributed by atoms with Gasteiger partial charge in [0, 0.05) is 38.3 Å². The number of anilines is 1. The lowest BCUT2D eigenvalue weighted by atomic mass is 10.1. The van der Waals surface area contributed by atoms with Gasteiger partial charge < -0.3 is 21.2 Å². The second-order valence-electron chi connectivity index (χ2n) is 4.40. The van der Waals surface area contributed by atoms with Crippen molar-refractivity contribution in [3.8, 4) is 0 Å². The van der Waals surface area contributed by atoms with Crippen LogP contribution in [0.15, 0.2) is 29.4 Å². The average molecular weight is 264 g/mol. The second-order valence-corrected chi connectivity index (χ2v) is 4.40. The molecule has 1 aromatic rings. The zero-order valence-electron chi connectivity index (χ0n) is 11.3. The number of oxime groups is 1. The molecule has 6 nitrogen and oxygen atoms in total. The standard InChI is InChI=1S/C13H20N4O2/c1-17(2)11-6-3-5-10(9-11)13(18)15-8-4-7-12(14)16-19/h3,5-6,9,19H,4,7-8H2,1-2H3,(H2,14,16)(H,15,18). The summed E-state index contributed by atoms with van der Waals surface area (Å²) in [4.78, 5) is 13.8. The van der Waals surface area contributed by atoms with Crippen LogP contribution in [0.25, 0.3) is 0 Å². The monoisotopic (exact) mass is 264 g/mol. The van der Waals surface area contributed by atoms with Gasteiger partial charge in [0.05, 0.1) is 0 Å². The number of nitrogens with two attached hydrogens (primary N) is 1. The SMILES string of the molecule is CN(C)c1cccc(C(=O)NCCCC(N)=NO)c1. The van der Waals surface area contributed by atoms with Crippen molar-refractivity contribution in [3.63, 3.8) is 0 Å². The molecule has 0 fully saturated rings. The van der Waals surface area contributed by atoms with E-state index < -0.39 is 0 Å². The zero-order valence-corrected chi connectivity index (χ0v) is 11.3. The van der Waals surface area contributed by atoms with Crippen molar-refractivity contribution >= 4 is 17.4 Å². The lowest BCUT2D eigenvalue weighted by Gasteiger charge is -2.13. The van der Waals surface area contributed by atoms with Gasteiger partial charge in [0.2, 0.25) is 0 Å². The quantitative estimate of drug-likeness (QED) is 0.235. The number of hydrogen-bond donors (Lipinski definition) is 3. The maximum Gasteiger partial charge on any atom is 0.251 e. The van der Waals surface area contributed by atoms with Crippen LogP contribution in [0, 0.1) is 0 Å². The molecular formula is C13H20N4O2. The van der Waals surface area contributed by atoms with Crippen molar-refractivity contribution in [3.05, 3.63) is 29.8 Å². The Morgan fingerprint density at radius 1 is 1.47 bits per heavy atom. The van der Waals surface area contributed by atoms with Gasteiger partial charge in [-0.3, -0.25) is 4.79 Å². The van der Waals surface area contributed by atoms with Crippen LogP contribution in [0.4, 0.5) is 5.69 Å². The van der Waals surface area contributed by atoms with Gasteiger partial charge >= 0.3 is 0 Å². The topological polar surface area (TPSA) is 91.0 Å². The molecule has 6 heteroatoms. The fourth-order valence-electron chi connectivity index (χ4n) is 1.55. The van der Waals surface area contributed by atoms with Crippen molar-refractivity contribution in [2.45, 2.75) is 12.8 Å². The summed E-state index contributed by atoms with van der Waals surface area (Å²) in [6.45, 7) is 0.487. The molecule has 0 saturated carbocycles. The van der Waals surface area contributed by atoms with Crippen LogP contribution < -0.4 is 16.0 Å². The zero-order chi connectivity index (χ0) is 14.3. The molecule has 104 valence electrons. The van der Waals surface area contributed by atoms with Crippen molar-refractivity contribution < 1.29 is 10.0 Å². The summed E-state index contributed by atoms with van der Waals surface area (Å²) in [5.74, 6) is 0.0482. The Morgan fingerprint density at radius 2 is 2.21 bits per heavy atom. The minimum Gasteiger partial charge on any atom is -0.409 e. The minimum atomic E-state index is -0.122. The predicted octanol–water partition coefficient (Wildman–Crippen LogP) is 1.01. The third-order valence-electron chi connectivity index (χ3n) is 2.65. The van der Waals surface area contributed by atoms with Crippen molar-refractivity contribution in [1.29, 1.82) is 0 Å². The number of hydrogen-bond acceptors (Lipinski definition) is 4. The number of amides is 1. The van der Waals surface area contributed by atoms with E-state index >= 15 is 0 Å². The molecular weight excluding hydrogens is 244 g/mol. The van der Waals surface area contributed by atoms with Gasteiger partial charge in [-0.25, -0.2) is 0 Å². The van der Waals surface area contributed by atoms with Gasteiger partial charge in [0.15, 0.2) is 0 Å². The number of carbonyl (C=O) groups excluding carboxylic acids is 1. The number of carbonyl (C=O) groups is 1. The Balaban J connectivity index is 2.47. The summed E-state index contributed by atoms with van der Waals surface area (Å²) in [5.41, 5.74) is 6.93. The number of nitrogens with zero attached hydrogens (tertiary/aromatic N) is 2. The van der Waals surface area contributed by atoms with Gasteiger partial charge in [0.1, 0.15) is 5.84 Å². The fraction of sp³-hybridized carbons (Fsp3) is 0.385. The smallest absolute Gasteiger partial charge is 0.251 e. The highest BCUT2D eigenvalue weighted by Crippen LogP contribution is 2.13.